The number of ether oxygens (including phenoxy) is 1. The minimum Gasteiger partial charge on any atom is -0.461 e. The number of fused-ring (bicyclic) bond motifs is 1. The van der Waals surface area contributed by atoms with Crippen molar-refractivity contribution in [2.75, 3.05) is 0 Å². The molecular formula is C16H16BrNO3. The smallest absolute Gasteiger partial charge is 0.310 e. The number of carbonyl (C=O) groups excluding carboxylic acids is 2. The summed E-state index contributed by atoms with van der Waals surface area (Å²) in [5, 5.41) is 2.98. The average molecular weight is 350 g/mol. The van der Waals surface area contributed by atoms with E-state index in [0.717, 1.165) is 12.0 Å². The Bertz CT molecular complexity index is 590. The first-order valence-corrected chi connectivity index (χ1v) is 8.24. The van der Waals surface area contributed by atoms with Gasteiger partial charge in [-0.3, -0.25) is 9.59 Å². The van der Waals surface area contributed by atoms with E-state index in [9.17, 15) is 9.59 Å². The Morgan fingerprint density at radius 2 is 2.05 bits per heavy atom. The molecule has 1 amide bonds. The maximum absolute atomic E-state index is 12.5. The Morgan fingerprint density at radius 3 is 2.81 bits per heavy atom. The van der Waals surface area contributed by atoms with Gasteiger partial charge in [-0.15, -0.1) is 0 Å². The molecule has 1 heterocycles. The minimum atomic E-state index is -0.241. The van der Waals surface area contributed by atoms with Crippen LogP contribution in [0.1, 0.15) is 12.0 Å². The van der Waals surface area contributed by atoms with Gasteiger partial charge < -0.3 is 10.1 Å². The first kappa shape index (κ1) is 13.3. The number of esters is 1. The summed E-state index contributed by atoms with van der Waals surface area (Å²) < 4.78 is 5.43. The van der Waals surface area contributed by atoms with E-state index in [1.807, 2.05) is 30.3 Å². The third-order valence-electron chi connectivity index (χ3n) is 5.14. The summed E-state index contributed by atoms with van der Waals surface area (Å²) in [5.41, 5.74) is 1.07. The van der Waals surface area contributed by atoms with Crippen molar-refractivity contribution in [2.45, 2.75) is 23.9 Å². The van der Waals surface area contributed by atoms with Crippen LogP contribution in [-0.4, -0.2) is 22.8 Å². The average Bonchev–Trinajstić information content (AvgIpc) is 3.10. The van der Waals surface area contributed by atoms with Crippen LogP contribution in [0.3, 0.4) is 0 Å². The number of nitrogens with one attached hydrogen (secondary N) is 1. The van der Waals surface area contributed by atoms with E-state index in [1.54, 1.807) is 0 Å². The number of hydrogen-bond acceptors (Lipinski definition) is 3. The highest BCUT2D eigenvalue weighted by Crippen LogP contribution is 2.59. The Kier molecular flexibility index (Phi) is 3.06. The number of amides is 1. The lowest BCUT2D eigenvalue weighted by atomic mass is 9.79. The number of carbonyl (C=O) groups is 2. The van der Waals surface area contributed by atoms with Gasteiger partial charge in [0.15, 0.2) is 0 Å². The van der Waals surface area contributed by atoms with Crippen molar-refractivity contribution in [1.29, 1.82) is 0 Å². The molecule has 1 aromatic carbocycles. The van der Waals surface area contributed by atoms with Crippen molar-refractivity contribution in [2.24, 2.45) is 23.7 Å². The molecular weight excluding hydrogens is 334 g/mol. The quantitative estimate of drug-likeness (QED) is 0.669. The van der Waals surface area contributed by atoms with Gasteiger partial charge in [-0.2, -0.15) is 0 Å². The van der Waals surface area contributed by atoms with E-state index in [4.69, 9.17) is 4.74 Å². The highest BCUT2D eigenvalue weighted by molar-refractivity contribution is 9.09. The first-order chi connectivity index (χ1) is 10.2. The number of hydrogen-bond donors (Lipinski definition) is 1. The van der Waals surface area contributed by atoms with E-state index in [2.05, 4.69) is 21.2 Å². The molecule has 0 aromatic heterocycles. The molecule has 0 radical (unpaired) electrons. The molecule has 2 saturated carbocycles. The summed E-state index contributed by atoms with van der Waals surface area (Å²) in [6, 6.07) is 9.81. The van der Waals surface area contributed by atoms with E-state index in [0.29, 0.717) is 6.54 Å². The maximum atomic E-state index is 12.5. The molecule has 2 bridgehead atoms. The van der Waals surface area contributed by atoms with Gasteiger partial charge in [-0.1, -0.05) is 46.3 Å². The second-order valence-corrected chi connectivity index (χ2v) is 7.22. The van der Waals surface area contributed by atoms with Crippen molar-refractivity contribution in [1.82, 2.24) is 5.32 Å². The number of benzene rings is 1. The van der Waals surface area contributed by atoms with Gasteiger partial charge in [-0.25, -0.2) is 0 Å². The predicted octanol–water partition coefficient (Wildman–Crippen LogP) is 1.87. The summed E-state index contributed by atoms with van der Waals surface area (Å²) in [4.78, 5) is 24.7. The molecule has 4 nitrogen and oxygen atoms in total. The zero-order valence-electron chi connectivity index (χ0n) is 11.4. The van der Waals surface area contributed by atoms with Gasteiger partial charge in [0.2, 0.25) is 5.91 Å². The van der Waals surface area contributed by atoms with Gasteiger partial charge in [0.05, 0.1) is 16.7 Å². The minimum absolute atomic E-state index is 0.0156. The molecule has 110 valence electrons. The van der Waals surface area contributed by atoms with Crippen molar-refractivity contribution in [3.05, 3.63) is 35.9 Å². The topological polar surface area (TPSA) is 55.4 Å². The normalized spacial score (nSPS) is 39.4. The lowest BCUT2D eigenvalue weighted by molar-refractivity contribution is -0.145. The number of halogens is 1. The van der Waals surface area contributed by atoms with Gasteiger partial charge >= 0.3 is 5.97 Å². The molecule has 1 saturated heterocycles. The lowest BCUT2D eigenvalue weighted by Gasteiger charge is -2.27. The monoisotopic (exact) mass is 349 g/mol. The lowest BCUT2D eigenvalue weighted by Crippen LogP contribution is -2.43. The largest absolute Gasteiger partial charge is 0.461 e. The van der Waals surface area contributed by atoms with Gasteiger partial charge in [0, 0.05) is 12.5 Å². The van der Waals surface area contributed by atoms with Crippen LogP contribution in [0, 0.1) is 23.7 Å². The highest BCUT2D eigenvalue weighted by Gasteiger charge is 2.67. The zero-order chi connectivity index (χ0) is 14.6. The number of rotatable bonds is 3. The van der Waals surface area contributed by atoms with Gasteiger partial charge in [0.1, 0.15) is 6.10 Å². The molecule has 3 fully saturated rings. The van der Waals surface area contributed by atoms with Crippen LogP contribution in [0.2, 0.25) is 0 Å². The van der Waals surface area contributed by atoms with Crippen LogP contribution >= 0.6 is 15.9 Å². The SMILES string of the molecule is O=C(NCc1ccccc1)[C@@H]1[C@H]2C[C@H]3[C@H](OC(=O)[C@@H]31)[C@@H]2Br. The Morgan fingerprint density at radius 1 is 1.29 bits per heavy atom. The molecule has 3 aliphatic rings. The fraction of sp³-hybridized carbons (Fsp3) is 0.500. The van der Waals surface area contributed by atoms with Crippen LogP contribution in [0.4, 0.5) is 0 Å². The molecule has 21 heavy (non-hydrogen) atoms. The fourth-order valence-corrected chi connectivity index (χ4v) is 5.28. The van der Waals surface area contributed by atoms with Crippen LogP contribution < -0.4 is 5.32 Å². The molecule has 1 aliphatic heterocycles. The standard InChI is InChI=1S/C16H16BrNO3/c17-13-9-6-10-12(16(20)21-14(10)13)11(9)15(19)18-7-8-4-2-1-3-5-8/h1-5,9-14H,6-7H2,(H,18,19)/t9-,10-,11-,12+,13-,14+/m1/s1. The van der Waals surface area contributed by atoms with E-state index in [-0.39, 0.29) is 46.5 Å². The molecule has 1 aromatic rings. The Hall–Kier alpha value is -1.36. The Balaban J connectivity index is 1.49. The zero-order valence-corrected chi connectivity index (χ0v) is 13.0. The summed E-state index contributed by atoms with van der Waals surface area (Å²) in [5.74, 6) is -0.238. The summed E-state index contributed by atoms with van der Waals surface area (Å²) >= 11 is 3.62. The van der Waals surface area contributed by atoms with E-state index >= 15 is 0 Å². The second kappa shape index (κ2) is 4.83. The summed E-state index contributed by atoms with van der Waals surface area (Å²) in [6.45, 7) is 0.506. The van der Waals surface area contributed by atoms with E-state index < -0.39 is 0 Å². The molecule has 1 N–H and O–H groups in total. The number of alkyl halides is 1. The Labute approximate surface area is 131 Å². The predicted molar refractivity (Wildman–Crippen MR) is 79.5 cm³/mol. The molecule has 0 unspecified atom stereocenters. The fourth-order valence-electron chi connectivity index (χ4n) is 4.23. The van der Waals surface area contributed by atoms with Crippen molar-refractivity contribution >= 4 is 27.8 Å². The molecule has 5 heteroatoms. The third-order valence-corrected chi connectivity index (χ3v) is 6.34. The van der Waals surface area contributed by atoms with Gasteiger partial charge in [0.25, 0.3) is 0 Å². The second-order valence-electron chi connectivity index (χ2n) is 6.16. The summed E-state index contributed by atoms with van der Waals surface area (Å²) in [7, 11) is 0. The first-order valence-electron chi connectivity index (χ1n) is 7.33. The third kappa shape index (κ3) is 1.94. The van der Waals surface area contributed by atoms with Crippen molar-refractivity contribution < 1.29 is 14.3 Å². The van der Waals surface area contributed by atoms with Crippen LogP contribution in [-0.2, 0) is 20.9 Å². The maximum Gasteiger partial charge on any atom is 0.310 e. The molecule has 2 aliphatic carbocycles. The van der Waals surface area contributed by atoms with Crippen LogP contribution in [0.25, 0.3) is 0 Å². The van der Waals surface area contributed by atoms with Crippen molar-refractivity contribution in [3.8, 4) is 0 Å². The van der Waals surface area contributed by atoms with E-state index in [1.165, 1.54) is 0 Å². The highest BCUT2D eigenvalue weighted by atomic mass is 79.9. The molecule has 0 spiro atoms. The van der Waals surface area contributed by atoms with Crippen molar-refractivity contribution in [3.63, 3.8) is 0 Å². The molecule has 4 rings (SSSR count). The summed E-state index contributed by atoms with van der Waals surface area (Å²) in [6.07, 6.45) is 0.895. The van der Waals surface area contributed by atoms with Crippen LogP contribution in [0.15, 0.2) is 30.3 Å². The molecule has 6 atom stereocenters. The van der Waals surface area contributed by atoms with Crippen LogP contribution in [0.5, 0.6) is 0 Å². The van der Waals surface area contributed by atoms with Gasteiger partial charge in [-0.05, 0) is 17.9 Å².